The lowest BCUT2D eigenvalue weighted by molar-refractivity contribution is -0.138. The normalized spacial score (nSPS) is 17.2. The molecule has 0 amide bonds. The minimum atomic E-state index is -4.40. The summed E-state index contributed by atoms with van der Waals surface area (Å²) in [6.45, 7) is 1.40. The number of alkyl halides is 3. The highest BCUT2D eigenvalue weighted by Crippen LogP contribution is 2.33. The Labute approximate surface area is 90.5 Å². The topological polar surface area (TPSA) is 12.0 Å². The van der Waals surface area contributed by atoms with Crippen molar-refractivity contribution in [2.75, 3.05) is 13.1 Å². The first-order chi connectivity index (χ1) is 7.47. The first-order valence-corrected chi connectivity index (χ1v) is 5.03. The third-order valence-corrected chi connectivity index (χ3v) is 2.75. The van der Waals surface area contributed by atoms with Crippen LogP contribution in [0.2, 0.25) is 0 Å². The number of nitrogens with one attached hydrogen (secondary N) is 1. The molecule has 1 fully saturated rings. The Kier molecular flexibility index (Phi) is 2.88. The van der Waals surface area contributed by atoms with E-state index < -0.39 is 17.6 Å². The third-order valence-electron chi connectivity index (χ3n) is 2.75. The van der Waals surface area contributed by atoms with Crippen LogP contribution >= 0.6 is 0 Å². The third kappa shape index (κ3) is 2.35. The highest BCUT2D eigenvalue weighted by atomic mass is 19.4. The molecule has 0 aromatic heterocycles. The van der Waals surface area contributed by atoms with Gasteiger partial charge in [0.15, 0.2) is 0 Å². The van der Waals surface area contributed by atoms with Crippen molar-refractivity contribution in [1.82, 2.24) is 5.32 Å². The smallest absolute Gasteiger partial charge is 0.316 e. The highest BCUT2D eigenvalue weighted by molar-refractivity contribution is 5.31. The summed E-state index contributed by atoms with van der Waals surface area (Å²) in [5, 5.41) is 2.98. The average Bonchev–Trinajstić information content (AvgIpc) is 2.09. The van der Waals surface area contributed by atoms with E-state index in [-0.39, 0.29) is 17.9 Å². The van der Waals surface area contributed by atoms with Gasteiger partial charge in [0, 0.05) is 0 Å². The first kappa shape index (κ1) is 11.4. The van der Waals surface area contributed by atoms with Crippen LogP contribution in [0, 0.1) is 11.7 Å². The molecule has 0 atom stereocenters. The maximum atomic E-state index is 12.9. The van der Waals surface area contributed by atoms with E-state index in [4.69, 9.17) is 0 Å². The van der Waals surface area contributed by atoms with Crippen LogP contribution in [0.1, 0.15) is 11.1 Å². The van der Waals surface area contributed by atoms with Crippen molar-refractivity contribution in [2.24, 2.45) is 5.92 Å². The monoisotopic (exact) mass is 233 g/mol. The molecule has 1 nitrogen and oxygen atoms in total. The molecular weight excluding hydrogens is 222 g/mol. The second kappa shape index (κ2) is 4.05. The Bertz CT molecular complexity index is 382. The van der Waals surface area contributed by atoms with Gasteiger partial charge in [0.05, 0.1) is 5.56 Å². The fourth-order valence-electron chi connectivity index (χ4n) is 1.81. The van der Waals surface area contributed by atoms with Gasteiger partial charge < -0.3 is 5.32 Å². The predicted octanol–water partition coefficient (Wildman–Crippen LogP) is 2.61. The van der Waals surface area contributed by atoms with Crippen molar-refractivity contribution in [2.45, 2.75) is 12.6 Å². The van der Waals surface area contributed by atoms with Crippen LogP contribution in [0.4, 0.5) is 17.6 Å². The van der Waals surface area contributed by atoms with E-state index in [9.17, 15) is 17.6 Å². The van der Waals surface area contributed by atoms with E-state index in [1.807, 2.05) is 0 Å². The van der Waals surface area contributed by atoms with E-state index in [2.05, 4.69) is 5.32 Å². The Morgan fingerprint density at radius 1 is 1.25 bits per heavy atom. The minimum Gasteiger partial charge on any atom is -0.316 e. The second-order valence-corrected chi connectivity index (χ2v) is 4.03. The Morgan fingerprint density at radius 2 is 1.94 bits per heavy atom. The van der Waals surface area contributed by atoms with Gasteiger partial charge in [0.1, 0.15) is 5.82 Å². The molecule has 0 bridgehead atoms. The zero-order valence-electron chi connectivity index (χ0n) is 8.44. The van der Waals surface area contributed by atoms with Crippen LogP contribution in [0.25, 0.3) is 0 Å². The molecule has 1 heterocycles. The molecule has 1 aliphatic rings. The molecule has 0 unspecified atom stereocenters. The summed E-state index contributed by atoms with van der Waals surface area (Å²) >= 11 is 0. The zero-order valence-corrected chi connectivity index (χ0v) is 8.44. The van der Waals surface area contributed by atoms with Crippen LogP contribution in [0.3, 0.4) is 0 Å². The van der Waals surface area contributed by atoms with Crippen molar-refractivity contribution in [1.29, 1.82) is 0 Å². The summed E-state index contributed by atoms with van der Waals surface area (Å²) < 4.78 is 50.8. The number of hydrogen-bond donors (Lipinski definition) is 1. The summed E-state index contributed by atoms with van der Waals surface area (Å²) in [5.41, 5.74) is -0.667. The zero-order chi connectivity index (χ0) is 11.8. The fraction of sp³-hybridized carbons (Fsp3) is 0.455. The summed E-state index contributed by atoms with van der Waals surface area (Å²) in [6.07, 6.45) is -4.13. The van der Waals surface area contributed by atoms with Gasteiger partial charge in [-0.15, -0.1) is 0 Å². The molecule has 0 radical (unpaired) electrons. The lowest BCUT2D eigenvalue weighted by atomic mass is 9.91. The molecule has 88 valence electrons. The first-order valence-electron chi connectivity index (χ1n) is 5.03. The summed E-state index contributed by atoms with van der Waals surface area (Å²) in [4.78, 5) is 0. The molecule has 2 rings (SSSR count). The van der Waals surface area contributed by atoms with E-state index in [0.717, 1.165) is 18.2 Å². The average molecular weight is 233 g/mol. The van der Waals surface area contributed by atoms with Gasteiger partial charge in [-0.1, -0.05) is 0 Å². The molecule has 0 aliphatic carbocycles. The van der Waals surface area contributed by atoms with Crippen molar-refractivity contribution >= 4 is 0 Å². The highest BCUT2D eigenvalue weighted by Gasteiger charge is 2.34. The maximum Gasteiger partial charge on any atom is 0.416 e. The number of halogens is 4. The van der Waals surface area contributed by atoms with Crippen molar-refractivity contribution in [3.8, 4) is 0 Å². The molecule has 1 N–H and O–H groups in total. The van der Waals surface area contributed by atoms with Gasteiger partial charge in [0.2, 0.25) is 0 Å². The Balaban J connectivity index is 2.28. The second-order valence-electron chi connectivity index (χ2n) is 4.03. The molecule has 1 aromatic carbocycles. The van der Waals surface area contributed by atoms with Gasteiger partial charge in [-0.3, -0.25) is 0 Å². The minimum absolute atomic E-state index is 0.0546. The van der Waals surface area contributed by atoms with Gasteiger partial charge in [-0.2, -0.15) is 13.2 Å². The quantitative estimate of drug-likeness (QED) is 0.774. The molecular formula is C11H11F4N. The largest absolute Gasteiger partial charge is 0.416 e. The molecule has 1 aromatic rings. The summed E-state index contributed by atoms with van der Waals surface area (Å²) in [6, 6.07) is 2.66. The lowest BCUT2D eigenvalue weighted by Gasteiger charge is -2.28. The van der Waals surface area contributed by atoms with E-state index in [1.54, 1.807) is 0 Å². The molecule has 0 spiro atoms. The fourth-order valence-corrected chi connectivity index (χ4v) is 1.81. The van der Waals surface area contributed by atoms with Crippen LogP contribution in [0.15, 0.2) is 18.2 Å². The number of rotatable bonds is 2. The van der Waals surface area contributed by atoms with Crippen LogP contribution < -0.4 is 5.32 Å². The van der Waals surface area contributed by atoms with Crippen molar-refractivity contribution in [3.05, 3.63) is 35.1 Å². The Hall–Kier alpha value is -1.10. The molecule has 5 heteroatoms. The van der Waals surface area contributed by atoms with E-state index >= 15 is 0 Å². The van der Waals surface area contributed by atoms with Crippen molar-refractivity contribution in [3.63, 3.8) is 0 Å². The van der Waals surface area contributed by atoms with Gasteiger partial charge in [0.25, 0.3) is 0 Å². The SMILES string of the molecule is Fc1ccc(C(F)(F)F)c(CC2CNC2)c1. The molecule has 1 aliphatic heterocycles. The van der Waals surface area contributed by atoms with Crippen LogP contribution in [-0.2, 0) is 12.6 Å². The van der Waals surface area contributed by atoms with Gasteiger partial charge >= 0.3 is 6.18 Å². The number of benzene rings is 1. The van der Waals surface area contributed by atoms with E-state index in [1.165, 1.54) is 0 Å². The Morgan fingerprint density at radius 3 is 2.44 bits per heavy atom. The molecule has 1 saturated heterocycles. The number of hydrogen-bond acceptors (Lipinski definition) is 1. The lowest BCUT2D eigenvalue weighted by Crippen LogP contribution is -2.43. The molecule has 0 saturated carbocycles. The van der Waals surface area contributed by atoms with Crippen LogP contribution in [-0.4, -0.2) is 13.1 Å². The van der Waals surface area contributed by atoms with Crippen LogP contribution in [0.5, 0.6) is 0 Å². The van der Waals surface area contributed by atoms with Gasteiger partial charge in [-0.25, -0.2) is 4.39 Å². The standard InChI is InChI=1S/C11H11F4N/c12-9-1-2-10(11(13,14)15)8(4-9)3-7-5-16-6-7/h1-2,4,7,16H,3,5-6H2. The van der Waals surface area contributed by atoms with Gasteiger partial charge in [-0.05, 0) is 49.2 Å². The van der Waals surface area contributed by atoms with Crippen molar-refractivity contribution < 1.29 is 17.6 Å². The molecule has 16 heavy (non-hydrogen) atoms. The summed E-state index contributed by atoms with van der Waals surface area (Å²) in [5.74, 6) is -0.432. The van der Waals surface area contributed by atoms with E-state index in [0.29, 0.717) is 13.1 Å². The predicted molar refractivity (Wildman–Crippen MR) is 51.5 cm³/mol. The maximum absolute atomic E-state index is 12.9. The summed E-state index contributed by atoms with van der Waals surface area (Å²) in [7, 11) is 0.